The fraction of sp³-hybridized carbons (Fsp3) is 0.0625. The van der Waals surface area contributed by atoms with Gasteiger partial charge in [-0.1, -0.05) is 5.16 Å². The van der Waals surface area contributed by atoms with Gasteiger partial charge in [0.25, 0.3) is 5.91 Å². The van der Waals surface area contributed by atoms with E-state index in [4.69, 9.17) is 4.52 Å². The normalized spacial score (nSPS) is 10.5. The number of anilines is 1. The summed E-state index contributed by atoms with van der Waals surface area (Å²) in [5, 5.41) is 6.42. The summed E-state index contributed by atoms with van der Waals surface area (Å²) in [6.45, 7) is 1.71. The number of aryl methyl sites for hydroxylation is 1. The first kappa shape index (κ1) is 13.9. The average Bonchev–Trinajstić information content (AvgIpc) is 3.01. The minimum absolute atomic E-state index is 0.141. The Morgan fingerprint density at radius 1 is 1.27 bits per heavy atom. The lowest BCUT2D eigenvalue weighted by molar-refractivity contribution is 0.101. The first-order chi connectivity index (χ1) is 10.6. The summed E-state index contributed by atoms with van der Waals surface area (Å²) >= 11 is 0. The summed E-state index contributed by atoms with van der Waals surface area (Å²) in [5.74, 6) is -0.321. The van der Waals surface area contributed by atoms with Crippen LogP contribution >= 0.6 is 0 Å². The molecule has 0 saturated heterocycles. The number of hydrogen-bond donors (Lipinski definition) is 1. The van der Waals surface area contributed by atoms with Crippen molar-refractivity contribution in [2.24, 2.45) is 0 Å². The van der Waals surface area contributed by atoms with E-state index in [9.17, 15) is 9.18 Å². The second kappa shape index (κ2) is 5.77. The first-order valence-corrected chi connectivity index (χ1v) is 6.58. The second-order valence-corrected chi connectivity index (χ2v) is 4.73. The molecule has 2 heterocycles. The van der Waals surface area contributed by atoms with E-state index in [0.717, 1.165) is 5.56 Å². The van der Waals surface area contributed by atoms with E-state index in [0.29, 0.717) is 17.0 Å². The number of rotatable bonds is 3. The SMILES string of the molecule is Cc1cc(F)ccc1NC(=O)c1cc(-c2cccnc2)on1. The molecule has 110 valence electrons. The Hall–Kier alpha value is -3.02. The molecular weight excluding hydrogens is 285 g/mol. The number of carbonyl (C=O) groups is 1. The second-order valence-electron chi connectivity index (χ2n) is 4.73. The largest absolute Gasteiger partial charge is 0.355 e. The molecule has 3 aromatic rings. The number of carbonyl (C=O) groups excluding carboxylic acids is 1. The molecule has 1 aromatic carbocycles. The number of pyridine rings is 1. The fourth-order valence-electron chi connectivity index (χ4n) is 1.98. The summed E-state index contributed by atoms with van der Waals surface area (Å²) in [7, 11) is 0. The highest BCUT2D eigenvalue weighted by atomic mass is 19.1. The van der Waals surface area contributed by atoms with E-state index >= 15 is 0 Å². The monoisotopic (exact) mass is 297 g/mol. The molecule has 0 aliphatic heterocycles. The van der Waals surface area contributed by atoms with Gasteiger partial charge < -0.3 is 9.84 Å². The number of amides is 1. The average molecular weight is 297 g/mol. The maximum atomic E-state index is 13.1. The minimum Gasteiger partial charge on any atom is -0.355 e. The van der Waals surface area contributed by atoms with Crippen molar-refractivity contribution in [2.45, 2.75) is 6.92 Å². The quantitative estimate of drug-likeness (QED) is 0.804. The van der Waals surface area contributed by atoms with Crippen molar-refractivity contribution in [3.63, 3.8) is 0 Å². The number of aromatic nitrogens is 2. The van der Waals surface area contributed by atoms with Crippen LogP contribution in [-0.4, -0.2) is 16.0 Å². The van der Waals surface area contributed by atoms with Crippen LogP contribution in [0.5, 0.6) is 0 Å². The van der Waals surface area contributed by atoms with Gasteiger partial charge in [-0.2, -0.15) is 0 Å². The summed E-state index contributed by atoms with van der Waals surface area (Å²) < 4.78 is 18.2. The van der Waals surface area contributed by atoms with Crippen molar-refractivity contribution in [3.8, 4) is 11.3 Å². The molecule has 0 unspecified atom stereocenters. The number of benzene rings is 1. The van der Waals surface area contributed by atoms with Gasteiger partial charge in [-0.15, -0.1) is 0 Å². The zero-order valence-electron chi connectivity index (χ0n) is 11.7. The Balaban J connectivity index is 1.80. The van der Waals surface area contributed by atoms with Gasteiger partial charge in [0.1, 0.15) is 5.82 Å². The zero-order valence-corrected chi connectivity index (χ0v) is 11.7. The lowest BCUT2D eigenvalue weighted by Gasteiger charge is -2.06. The van der Waals surface area contributed by atoms with Crippen molar-refractivity contribution in [1.82, 2.24) is 10.1 Å². The minimum atomic E-state index is -0.423. The Labute approximate surface area is 125 Å². The third-order valence-corrected chi connectivity index (χ3v) is 3.13. The zero-order chi connectivity index (χ0) is 15.5. The van der Waals surface area contributed by atoms with Gasteiger partial charge in [0.15, 0.2) is 11.5 Å². The number of halogens is 1. The van der Waals surface area contributed by atoms with Crippen LogP contribution in [0.25, 0.3) is 11.3 Å². The number of nitrogens with one attached hydrogen (secondary N) is 1. The van der Waals surface area contributed by atoms with E-state index in [2.05, 4.69) is 15.5 Å². The van der Waals surface area contributed by atoms with Crippen molar-refractivity contribution in [1.29, 1.82) is 0 Å². The molecule has 0 aliphatic rings. The molecule has 0 bridgehead atoms. The smallest absolute Gasteiger partial charge is 0.277 e. The molecule has 0 fully saturated rings. The van der Waals surface area contributed by atoms with Gasteiger partial charge in [-0.25, -0.2) is 4.39 Å². The molecule has 22 heavy (non-hydrogen) atoms. The Morgan fingerprint density at radius 3 is 2.86 bits per heavy atom. The van der Waals surface area contributed by atoms with Gasteiger partial charge in [-0.05, 0) is 42.8 Å². The molecule has 2 aromatic heterocycles. The molecule has 0 aliphatic carbocycles. The highest BCUT2D eigenvalue weighted by Crippen LogP contribution is 2.20. The standard InChI is InChI=1S/C16H12FN3O2/c1-10-7-12(17)4-5-13(10)19-16(21)14-8-15(22-20-14)11-3-2-6-18-9-11/h2-9H,1H3,(H,19,21). The third-order valence-electron chi connectivity index (χ3n) is 3.13. The van der Waals surface area contributed by atoms with E-state index in [1.165, 1.54) is 24.3 Å². The topological polar surface area (TPSA) is 68.0 Å². The van der Waals surface area contributed by atoms with Gasteiger partial charge in [0.2, 0.25) is 0 Å². The van der Waals surface area contributed by atoms with Crippen LogP contribution in [0.1, 0.15) is 16.1 Å². The van der Waals surface area contributed by atoms with Gasteiger partial charge in [0.05, 0.1) is 0 Å². The van der Waals surface area contributed by atoms with Crippen LogP contribution in [0.2, 0.25) is 0 Å². The number of hydrogen-bond acceptors (Lipinski definition) is 4. The molecule has 1 amide bonds. The van der Waals surface area contributed by atoms with Crippen LogP contribution in [0.4, 0.5) is 10.1 Å². The van der Waals surface area contributed by atoms with Crippen LogP contribution in [-0.2, 0) is 0 Å². The van der Waals surface area contributed by atoms with Gasteiger partial charge >= 0.3 is 0 Å². The Kier molecular flexibility index (Phi) is 3.65. The summed E-state index contributed by atoms with van der Waals surface area (Å²) in [6, 6.07) is 9.24. The lowest BCUT2D eigenvalue weighted by Crippen LogP contribution is -2.13. The Morgan fingerprint density at radius 2 is 2.14 bits per heavy atom. The molecule has 0 spiro atoms. The van der Waals surface area contributed by atoms with Crippen LogP contribution in [0, 0.1) is 12.7 Å². The molecule has 0 radical (unpaired) electrons. The third kappa shape index (κ3) is 2.85. The summed E-state index contributed by atoms with van der Waals surface area (Å²) in [4.78, 5) is 16.1. The predicted molar refractivity (Wildman–Crippen MR) is 78.8 cm³/mol. The van der Waals surface area contributed by atoms with E-state index < -0.39 is 5.91 Å². The van der Waals surface area contributed by atoms with Crippen molar-refractivity contribution < 1.29 is 13.7 Å². The number of nitrogens with zero attached hydrogens (tertiary/aromatic N) is 2. The molecule has 1 N–H and O–H groups in total. The Bertz CT molecular complexity index is 815. The molecular formula is C16H12FN3O2. The molecule has 0 saturated carbocycles. The fourth-order valence-corrected chi connectivity index (χ4v) is 1.98. The molecule has 5 nitrogen and oxygen atoms in total. The predicted octanol–water partition coefficient (Wildman–Crippen LogP) is 3.44. The molecule has 3 rings (SSSR count). The summed E-state index contributed by atoms with van der Waals surface area (Å²) in [6.07, 6.45) is 3.26. The maximum Gasteiger partial charge on any atom is 0.277 e. The van der Waals surface area contributed by atoms with Crippen molar-refractivity contribution >= 4 is 11.6 Å². The van der Waals surface area contributed by atoms with E-state index in [-0.39, 0.29) is 11.5 Å². The van der Waals surface area contributed by atoms with E-state index in [1.807, 2.05) is 0 Å². The highest BCUT2D eigenvalue weighted by Gasteiger charge is 2.14. The lowest BCUT2D eigenvalue weighted by atomic mass is 10.2. The maximum absolute atomic E-state index is 13.1. The van der Waals surface area contributed by atoms with Crippen LogP contribution in [0.15, 0.2) is 53.3 Å². The van der Waals surface area contributed by atoms with Crippen LogP contribution < -0.4 is 5.32 Å². The highest BCUT2D eigenvalue weighted by molar-refractivity contribution is 6.03. The van der Waals surface area contributed by atoms with Crippen molar-refractivity contribution in [2.75, 3.05) is 5.32 Å². The van der Waals surface area contributed by atoms with Gasteiger partial charge in [-0.3, -0.25) is 9.78 Å². The first-order valence-electron chi connectivity index (χ1n) is 6.58. The molecule has 6 heteroatoms. The van der Waals surface area contributed by atoms with Gasteiger partial charge in [0, 0.05) is 29.7 Å². The van der Waals surface area contributed by atoms with Crippen molar-refractivity contribution in [3.05, 3.63) is 65.9 Å². The molecule has 0 atom stereocenters. The summed E-state index contributed by atoms with van der Waals surface area (Å²) in [5.41, 5.74) is 2.02. The van der Waals surface area contributed by atoms with E-state index in [1.54, 1.807) is 31.5 Å². The van der Waals surface area contributed by atoms with Crippen LogP contribution in [0.3, 0.4) is 0 Å².